The average Bonchev–Trinajstić information content (AvgIpc) is 2.84. The molecule has 0 bridgehead atoms. The molecule has 190 valence electrons. The lowest BCUT2D eigenvalue weighted by Gasteiger charge is -2.38. The highest BCUT2D eigenvalue weighted by molar-refractivity contribution is 5.88. The Hall–Kier alpha value is -3.06. The quantitative estimate of drug-likeness (QED) is 0.419. The summed E-state index contributed by atoms with van der Waals surface area (Å²) in [5.41, 5.74) is 8.58. The number of carbonyl (C=O) groups is 1. The van der Waals surface area contributed by atoms with Crippen LogP contribution in [0.1, 0.15) is 50.8 Å². The molecular formula is C28H40N4O3. The molecule has 0 saturated carbocycles. The summed E-state index contributed by atoms with van der Waals surface area (Å²) in [6, 6.07) is 15.9. The number of aliphatic imine (C=N–C) groups is 1. The summed E-state index contributed by atoms with van der Waals surface area (Å²) in [4.78, 5) is 19.8. The molecule has 1 amide bonds. The van der Waals surface area contributed by atoms with Gasteiger partial charge in [-0.25, -0.2) is 0 Å². The van der Waals surface area contributed by atoms with Crippen molar-refractivity contribution in [2.75, 3.05) is 33.9 Å². The third-order valence-electron chi connectivity index (χ3n) is 6.31. The smallest absolute Gasteiger partial charge is 0.223 e. The first-order valence-corrected chi connectivity index (χ1v) is 12.3. The Labute approximate surface area is 209 Å². The molecule has 1 heterocycles. The summed E-state index contributed by atoms with van der Waals surface area (Å²) in [5.74, 6) is 1.98. The van der Waals surface area contributed by atoms with Crippen LogP contribution in [0.15, 0.2) is 53.5 Å². The summed E-state index contributed by atoms with van der Waals surface area (Å²) >= 11 is 0. The number of hydrogen-bond donors (Lipinski definition) is 2. The van der Waals surface area contributed by atoms with Gasteiger partial charge in [0.15, 0.2) is 11.5 Å². The van der Waals surface area contributed by atoms with Crippen LogP contribution in [0.5, 0.6) is 11.5 Å². The average molecular weight is 481 g/mol. The maximum absolute atomic E-state index is 12.7. The number of amides is 1. The van der Waals surface area contributed by atoms with Crippen LogP contribution in [0, 0.1) is 5.92 Å². The van der Waals surface area contributed by atoms with Crippen molar-refractivity contribution in [2.24, 2.45) is 16.6 Å². The van der Waals surface area contributed by atoms with Gasteiger partial charge < -0.3 is 20.5 Å². The van der Waals surface area contributed by atoms with Gasteiger partial charge in [0, 0.05) is 23.6 Å². The van der Waals surface area contributed by atoms with E-state index >= 15 is 0 Å². The zero-order valence-corrected chi connectivity index (χ0v) is 21.7. The number of rotatable bonds is 9. The molecule has 1 saturated heterocycles. The van der Waals surface area contributed by atoms with Crippen molar-refractivity contribution in [3.8, 4) is 11.5 Å². The number of benzene rings is 2. The Morgan fingerprint density at radius 3 is 2.37 bits per heavy atom. The second-order valence-electron chi connectivity index (χ2n) is 10.1. The first kappa shape index (κ1) is 26.5. The van der Waals surface area contributed by atoms with Crippen molar-refractivity contribution in [3.63, 3.8) is 0 Å². The predicted molar refractivity (Wildman–Crippen MR) is 141 cm³/mol. The van der Waals surface area contributed by atoms with Gasteiger partial charge in [0.1, 0.15) is 5.84 Å². The minimum atomic E-state index is -0.262. The Balaban J connectivity index is 1.82. The van der Waals surface area contributed by atoms with Gasteiger partial charge in [-0.1, -0.05) is 42.5 Å². The predicted octanol–water partition coefficient (Wildman–Crippen LogP) is 3.97. The fraction of sp³-hybridized carbons (Fsp3) is 0.500. The van der Waals surface area contributed by atoms with Crippen LogP contribution in [-0.2, 0) is 11.2 Å². The van der Waals surface area contributed by atoms with Crippen molar-refractivity contribution in [2.45, 2.75) is 51.6 Å². The molecule has 1 atom stereocenters. The zero-order chi connectivity index (χ0) is 25.4. The topological polar surface area (TPSA) is 89.2 Å². The first-order valence-electron chi connectivity index (χ1n) is 12.3. The number of hydrogen-bond acceptors (Lipinski definition) is 5. The minimum Gasteiger partial charge on any atom is -0.493 e. The molecule has 3 N–H and O–H groups in total. The minimum absolute atomic E-state index is 0.00502. The van der Waals surface area contributed by atoms with Crippen LogP contribution in [0.25, 0.3) is 0 Å². The lowest BCUT2D eigenvalue weighted by atomic mass is 9.92. The standard InChI is InChI=1S/C28H40N4O3/c1-28(2,3)31-27(33)21-15-18-32(19-16-21)24(22-12-9-13-23(34-4)25(22)35-5)26(29)30-17-14-20-10-7-6-8-11-20/h6-13,21,24H,14-19H2,1-5H3,(H2,29,30)(H,31,33). The monoisotopic (exact) mass is 480 g/mol. The fourth-order valence-electron chi connectivity index (χ4n) is 4.61. The first-order chi connectivity index (χ1) is 16.7. The summed E-state index contributed by atoms with van der Waals surface area (Å²) in [6.45, 7) is 8.11. The summed E-state index contributed by atoms with van der Waals surface area (Å²) in [6.07, 6.45) is 2.35. The van der Waals surface area contributed by atoms with Gasteiger partial charge in [-0.15, -0.1) is 0 Å². The molecule has 1 aliphatic heterocycles. The number of carbonyl (C=O) groups excluding carboxylic acids is 1. The highest BCUT2D eigenvalue weighted by Crippen LogP contribution is 2.38. The zero-order valence-electron chi connectivity index (χ0n) is 21.7. The van der Waals surface area contributed by atoms with E-state index in [2.05, 4.69) is 22.3 Å². The number of likely N-dealkylation sites (tertiary alicyclic amines) is 1. The van der Waals surface area contributed by atoms with Crippen molar-refractivity contribution in [1.29, 1.82) is 0 Å². The highest BCUT2D eigenvalue weighted by Gasteiger charge is 2.34. The molecule has 1 fully saturated rings. The molecule has 7 heteroatoms. The molecule has 0 spiro atoms. The third-order valence-corrected chi connectivity index (χ3v) is 6.31. The molecular weight excluding hydrogens is 440 g/mol. The molecule has 2 aromatic carbocycles. The van der Waals surface area contributed by atoms with E-state index in [1.807, 2.05) is 57.2 Å². The van der Waals surface area contributed by atoms with Crippen LogP contribution in [0.4, 0.5) is 0 Å². The number of ether oxygens (including phenoxy) is 2. The maximum Gasteiger partial charge on any atom is 0.223 e. The van der Waals surface area contributed by atoms with E-state index in [1.54, 1.807) is 14.2 Å². The number of amidine groups is 1. The van der Waals surface area contributed by atoms with E-state index < -0.39 is 0 Å². The van der Waals surface area contributed by atoms with Crippen molar-refractivity contribution in [1.82, 2.24) is 10.2 Å². The fourth-order valence-corrected chi connectivity index (χ4v) is 4.61. The van der Waals surface area contributed by atoms with E-state index in [1.165, 1.54) is 5.56 Å². The number of para-hydroxylation sites is 1. The Morgan fingerprint density at radius 2 is 1.77 bits per heavy atom. The van der Waals surface area contributed by atoms with Crippen LogP contribution in [0.3, 0.4) is 0 Å². The van der Waals surface area contributed by atoms with Crippen LogP contribution < -0.4 is 20.5 Å². The largest absolute Gasteiger partial charge is 0.493 e. The van der Waals surface area contributed by atoms with Gasteiger partial charge in [0.25, 0.3) is 0 Å². The van der Waals surface area contributed by atoms with Crippen LogP contribution >= 0.6 is 0 Å². The van der Waals surface area contributed by atoms with Crippen LogP contribution in [0.2, 0.25) is 0 Å². The molecule has 0 aliphatic carbocycles. The van der Waals surface area contributed by atoms with Gasteiger partial charge >= 0.3 is 0 Å². The van der Waals surface area contributed by atoms with E-state index in [4.69, 9.17) is 20.2 Å². The molecule has 2 aromatic rings. The van der Waals surface area contributed by atoms with E-state index in [9.17, 15) is 4.79 Å². The molecule has 35 heavy (non-hydrogen) atoms. The van der Waals surface area contributed by atoms with Crippen molar-refractivity contribution in [3.05, 3.63) is 59.7 Å². The number of methoxy groups -OCH3 is 2. The summed E-state index contributed by atoms with van der Waals surface area (Å²) < 4.78 is 11.3. The van der Waals surface area contributed by atoms with Gasteiger partial charge in [-0.2, -0.15) is 0 Å². The van der Waals surface area contributed by atoms with Crippen LogP contribution in [-0.4, -0.2) is 56.0 Å². The number of nitrogens with one attached hydrogen (secondary N) is 1. The summed E-state index contributed by atoms with van der Waals surface area (Å²) in [5, 5.41) is 3.12. The van der Waals surface area contributed by atoms with Crippen molar-refractivity contribution < 1.29 is 14.3 Å². The lowest BCUT2D eigenvalue weighted by Crippen LogP contribution is -2.48. The third kappa shape index (κ3) is 7.21. The normalized spacial score (nSPS) is 16.5. The molecule has 0 aromatic heterocycles. The lowest BCUT2D eigenvalue weighted by molar-refractivity contribution is -0.128. The second kappa shape index (κ2) is 12.1. The number of nitrogens with zero attached hydrogens (tertiary/aromatic N) is 2. The summed E-state index contributed by atoms with van der Waals surface area (Å²) in [7, 11) is 3.28. The van der Waals surface area contributed by atoms with Crippen molar-refractivity contribution >= 4 is 11.7 Å². The SMILES string of the molecule is COc1cccc(C(C(N)=NCCc2ccccc2)N2CCC(C(=O)NC(C)(C)C)CC2)c1OC. The Bertz CT molecular complexity index is 993. The van der Waals surface area contributed by atoms with Gasteiger partial charge in [0.2, 0.25) is 5.91 Å². The van der Waals surface area contributed by atoms with Gasteiger partial charge in [-0.3, -0.25) is 14.7 Å². The number of piperidine rings is 1. The van der Waals surface area contributed by atoms with E-state index in [0.717, 1.165) is 37.9 Å². The molecule has 7 nitrogen and oxygen atoms in total. The Morgan fingerprint density at radius 1 is 1.09 bits per heavy atom. The second-order valence-corrected chi connectivity index (χ2v) is 10.1. The molecule has 0 radical (unpaired) electrons. The number of nitrogens with two attached hydrogens (primary N) is 1. The van der Waals surface area contributed by atoms with Gasteiger partial charge in [0.05, 0.1) is 20.3 Å². The molecule has 3 rings (SSSR count). The van der Waals surface area contributed by atoms with E-state index in [0.29, 0.717) is 23.9 Å². The maximum atomic E-state index is 12.7. The van der Waals surface area contributed by atoms with Gasteiger partial charge in [-0.05, 0) is 64.8 Å². The molecule has 1 aliphatic rings. The Kier molecular flexibility index (Phi) is 9.15. The van der Waals surface area contributed by atoms with E-state index in [-0.39, 0.29) is 23.4 Å². The highest BCUT2D eigenvalue weighted by atomic mass is 16.5. The molecule has 1 unspecified atom stereocenters.